The average molecular weight is 411 g/mol. The number of rotatable bonds is 7. The summed E-state index contributed by atoms with van der Waals surface area (Å²) in [5, 5.41) is 19.3. The van der Waals surface area contributed by atoms with E-state index in [-0.39, 0.29) is 6.61 Å². The molecular formula is C23H30N4OS. The fourth-order valence-electron chi connectivity index (χ4n) is 4.24. The summed E-state index contributed by atoms with van der Waals surface area (Å²) in [6, 6.07) is 11.3. The molecule has 5 nitrogen and oxygen atoms in total. The highest BCUT2D eigenvalue weighted by Crippen LogP contribution is 2.28. The maximum absolute atomic E-state index is 9.60. The molecule has 0 spiro atoms. The van der Waals surface area contributed by atoms with Crippen LogP contribution in [0.1, 0.15) is 28.0 Å². The lowest BCUT2D eigenvalue weighted by atomic mass is 10.00. The second-order valence-electron chi connectivity index (χ2n) is 8.04. The molecule has 154 valence electrons. The van der Waals surface area contributed by atoms with Gasteiger partial charge >= 0.3 is 0 Å². The second-order valence-corrected chi connectivity index (χ2v) is 9.07. The van der Waals surface area contributed by atoms with E-state index >= 15 is 0 Å². The number of aromatic amines is 1. The Morgan fingerprint density at radius 1 is 1.21 bits per heavy atom. The van der Waals surface area contributed by atoms with E-state index in [1.165, 1.54) is 27.1 Å². The fraction of sp³-hybridized carbons (Fsp3) is 0.435. The largest absolute Gasteiger partial charge is 0.396 e. The van der Waals surface area contributed by atoms with Gasteiger partial charge in [0.2, 0.25) is 0 Å². The van der Waals surface area contributed by atoms with Crippen LogP contribution in [-0.2, 0) is 13.1 Å². The Morgan fingerprint density at radius 2 is 2.10 bits per heavy atom. The molecule has 29 heavy (non-hydrogen) atoms. The van der Waals surface area contributed by atoms with E-state index in [0.29, 0.717) is 6.04 Å². The molecule has 0 aliphatic carbocycles. The summed E-state index contributed by atoms with van der Waals surface area (Å²) in [4.78, 5) is 6.43. The van der Waals surface area contributed by atoms with Crippen LogP contribution in [0.2, 0.25) is 0 Å². The molecule has 1 aliphatic heterocycles. The van der Waals surface area contributed by atoms with Gasteiger partial charge in [0.25, 0.3) is 0 Å². The Morgan fingerprint density at radius 3 is 2.90 bits per heavy atom. The highest BCUT2D eigenvalue weighted by Gasteiger charge is 2.27. The van der Waals surface area contributed by atoms with Crippen LogP contribution < -0.4 is 0 Å². The summed E-state index contributed by atoms with van der Waals surface area (Å²) in [6.45, 7) is 9.42. The van der Waals surface area contributed by atoms with Crippen LogP contribution in [-0.4, -0.2) is 57.4 Å². The third kappa shape index (κ3) is 4.78. The molecule has 1 fully saturated rings. The minimum atomic E-state index is 0.235. The number of hydrogen-bond donors (Lipinski definition) is 2. The van der Waals surface area contributed by atoms with Gasteiger partial charge in [0.05, 0.1) is 11.9 Å². The lowest BCUT2D eigenvalue weighted by Crippen LogP contribution is -2.52. The van der Waals surface area contributed by atoms with Gasteiger partial charge in [0, 0.05) is 61.4 Å². The van der Waals surface area contributed by atoms with Gasteiger partial charge in [0.15, 0.2) is 0 Å². The molecule has 6 heteroatoms. The van der Waals surface area contributed by atoms with Crippen LogP contribution in [0.5, 0.6) is 0 Å². The summed E-state index contributed by atoms with van der Waals surface area (Å²) in [5.74, 6) is 0. The van der Waals surface area contributed by atoms with Crippen molar-refractivity contribution in [1.82, 2.24) is 20.0 Å². The molecule has 0 amide bonds. The molecule has 4 rings (SSSR count). The number of aliphatic hydroxyl groups excluding tert-OH is 1. The Labute approximate surface area is 177 Å². The van der Waals surface area contributed by atoms with Crippen molar-refractivity contribution in [3.63, 3.8) is 0 Å². The van der Waals surface area contributed by atoms with Gasteiger partial charge in [-0.15, -0.1) is 11.3 Å². The summed E-state index contributed by atoms with van der Waals surface area (Å²) < 4.78 is 0. The number of aliphatic hydroxyl groups is 1. The topological polar surface area (TPSA) is 55.4 Å². The van der Waals surface area contributed by atoms with Gasteiger partial charge in [-0.3, -0.25) is 14.9 Å². The first kappa shape index (κ1) is 20.3. The van der Waals surface area contributed by atoms with Crippen molar-refractivity contribution in [2.75, 3.05) is 26.2 Å². The van der Waals surface area contributed by atoms with Crippen LogP contribution in [0.25, 0.3) is 11.3 Å². The lowest BCUT2D eigenvalue weighted by Gasteiger charge is -2.41. The first-order chi connectivity index (χ1) is 14.1. The molecule has 1 atom stereocenters. The highest BCUT2D eigenvalue weighted by molar-refractivity contribution is 7.09. The van der Waals surface area contributed by atoms with E-state index in [0.717, 1.165) is 44.8 Å². The predicted molar refractivity (Wildman–Crippen MR) is 119 cm³/mol. The normalized spacial score (nSPS) is 18.4. The van der Waals surface area contributed by atoms with Crippen molar-refractivity contribution in [2.24, 2.45) is 0 Å². The van der Waals surface area contributed by atoms with E-state index in [1.807, 2.05) is 17.5 Å². The molecule has 0 bridgehead atoms. The molecular weight excluding hydrogens is 380 g/mol. The maximum atomic E-state index is 9.60. The van der Waals surface area contributed by atoms with E-state index < -0.39 is 0 Å². The number of piperazine rings is 1. The molecule has 2 aromatic heterocycles. The van der Waals surface area contributed by atoms with Crippen LogP contribution in [0, 0.1) is 13.8 Å². The Balaban J connectivity index is 1.47. The van der Waals surface area contributed by atoms with E-state index in [1.54, 1.807) is 0 Å². The van der Waals surface area contributed by atoms with Crippen LogP contribution in [0.3, 0.4) is 0 Å². The molecule has 1 aromatic carbocycles. The summed E-state index contributed by atoms with van der Waals surface area (Å²) in [7, 11) is 0. The SMILES string of the molecule is Cc1ccc(C)c(-c2[nH]ncc2CN2CCN(Cc3cccs3)[C@H](CCO)C2)c1. The molecule has 0 saturated carbocycles. The van der Waals surface area contributed by atoms with Gasteiger partial charge in [-0.25, -0.2) is 0 Å². The molecule has 3 heterocycles. The summed E-state index contributed by atoms with van der Waals surface area (Å²) in [6.07, 6.45) is 2.79. The number of H-pyrrole nitrogens is 1. The van der Waals surface area contributed by atoms with Gasteiger partial charge < -0.3 is 5.11 Å². The summed E-state index contributed by atoms with van der Waals surface area (Å²) >= 11 is 1.81. The molecule has 1 aliphatic rings. The smallest absolute Gasteiger partial charge is 0.0698 e. The van der Waals surface area contributed by atoms with E-state index in [4.69, 9.17) is 0 Å². The van der Waals surface area contributed by atoms with Crippen molar-refractivity contribution in [3.8, 4) is 11.3 Å². The van der Waals surface area contributed by atoms with Crippen LogP contribution >= 0.6 is 11.3 Å². The van der Waals surface area contributed by atoms with Gasteiger partial charge in [0.1, 0.15) is 0 Å². The van der Waals surface area contributed by atoms with Crippen molar-refractivity contribution in [2.45, 2.75) is 39.4 Å². The van der Waals surface area contributed by atoms with Crippen molar-refractivity contribution in [1.29, 1.82) is 0 Å². The maximum Gasteiger partial charge on any atom is 0.0698 e. The number of hydrogen-bond acceptors (Lipinski definition) is 5. The number of benzene rings is 1. The van der Waals surface area contributed by atoms with Gasteiger partial charge in [-0.05, 0) is 43.3 Å². The molecule has 0 unspecified atom stereocenters. The summed E-state index contributed by atoms with van der Waals surface area (Å²) in [5.41, 5.74) is 6.14. The first-order valence-electron chi connectivity index (χ1n) is 10.3. The molecule has 0 radical (unpaired) electrons. The van der Waals surface area contributed by atoms with Crippen molar-refractivity contribution < 1.29 is 5.11 Å². The number of nitrogens with zero attached hydrogens (tertiary/aromatic N) is 3. The lowest BCUT2D eigenvalue weighted by molar-refractivity contribution is 0.0507. The monoisotopic (exact) mass is 410 g/mol. The minimum absolute atomic E-state index is 0.235. The number of nitrogens with one attached hydrogen (secondary N) is 1. The minimum Gasteiger partial charge on any atom is -0.396 e. The number of aromatic nitrogens is 2. The quantitative estimate of drug-likeness (QED) is 0.622. The van der Waals surface area contributed by atoms with Gasteiger partial charge in [-0.1, -0.05) is 23.8 Å². The third-order valence-corrected chi connectivity index (χ3v) is 6.73. The Kier molecular flexibility index (Phi) is 6.45. The number of aryl methyl sites for hydroxylation is 2. The Bertz CT molecular complexity index is 921. The predicted octanol–water partition coefficient (Wildman–Crippen LogP) is 3.82. The first-order valence-corrected chi connectivity index (χ1v) is 11.2. The van der Waals surface area contributed by atoms with Crippen LogP contribution in [0.4, 0.5) is 0 Å². The molecule has 1 saturated heterocycles. The van der Waals surface area contributed by atoms with Crippen LogP contribution in [0.15, 0.2) is 41.9 Å². The third-order valence-electron chi connectivity index (χ3n) is 5.86. The van der Waals surface area contributed by atoms with E-state index in [9.17, 15) is 5.11 Å². The average Bonchev–Trinajstić information content (AvgIpc) is 3.38. The van der Waals surface area contributed by atoms with Gasteiger partial charge in [-0.2, -0.15) is 5.10 Å². The zero-order chi connectivity index (χ0) is 20.2. The standard InChI is InChI=1S/C23H30N4OS/c1-17-5-6-18(2)22(12-17)23-19(13-24-25-23)14-26-8-9-27(20(15-26)7-10-28)16-21-4-3-11-29-21/h3-6,11-13,20,28H,7-10,14-16H2,1-2H3,(H,24,25)/t20-/m1/s1. The highest BCUT2D eigenvalue weighted by atomic mass is 32.1. The molecule has 3 aromatic rings. The van der Waals surface area contributed by atoms with E-state index in [2.05, 4.69) is 69.6 Å². The molecule has 2 N–H and O–H groups in total. The van der Waals surface area contributed by atoms with Crippen molar-refractivity contribution in [3.05, 3.63) is 63.5 Å². The zero-order valence-electron chi connectivity index (χ0n) is 17.3. The number of thiophene rings is 1. The Hall–Kier alpha value is -1.99. The van der Waals surface area contributed by atoms with Crippen molar-refractivity contribution >= 4 is 11.3 Å². The fourth-order valence-corrected chi connectivity index (χ4v) is 4.97. The second kappa shape index (κ2) is 9.22. The zero-order valence-corrected chi connectivity index (χ0v) is 18.1.